The Morgan fingerprint density at radius 3 is 2.70 bits per heavy atom. The molecule has 2 aromatic rings. The molecule has 1 aliphatic heterocycles. The standard InChI is InChI=1S/C16H19FN2O2S2/c1-23(20)14-4-2-13(3-5-14)21-10-12-11-22-15(19-12)16(17)6-8-18-9-7-16/h2-5,11,18H,6-10H2,1H3. The van der Waals surface area contributed by atoms with Crippen molar-refractivity contribution in [1.29, 1.82) is 0 Å². The molecule has 0 amide bonds. The van der Waals surface area contributed by atoms with Crippen molar-refractivity contribution in [3.8, 4) is 5.75 Å². The van der Waals surface area contributed by atoms with E-state index in [1.807, 2.05) is 5.38 Å². The van der Waals surface area contributed by atoms with Crippen molar-refractivity contribution in [3.05, 3.63) is 40.3 Å². The number of ether oxygens (including phenoxy) is 1. The minimum atomic E-state index is -1.30. The number of nitrogens with zero attached hydrogens (tertiary/aromatic N) is 1. The fraction of sp³-hybridized carbons (Fsp3) is 0.438. The SMILES string of the molecule is CS(=O)c1ccc(OCc2csc(C3(F)CCNCC3)n2)cc1. The van der Waals surface area contributed by atoms with Crippen LogP contribution in [0.15, 0.2) is 34.5 Å². The van der Waals surface area contributed by atoms with E-state index < -0.39 is 16.5 Å². The molecule has 1 aromatic heterocycles. The minimum Gasteiger partial charge on any atom is -0.487 e. The summed E-state index contributed by atoms with van der Waals surface area (Å²) in [5, 5.41) is 5.57. The summed E-state index contributed by atoms with van der Waals surface area (Å²) in [7, 11) is -0.995. The number of nitrogens with one attached hydrogen (secondary N) is 1. The van der Waals surface area contributed by atoms with Gasteiger partial charge in [0, 0.05) is 40.2 Å². The summed E-state index contributed by atoms with van der Waals surface area (Å²) in [5.41, 5.74) is -0.565. The number of thiazole rings is 1. The minimum absolute atomic E-state index is 0.305. The quantitative estimate of drug-likeness (QED) is 0.897. The molecule has 1 fully saturated rings. The van der Waals surface area contributed by atoms with Crippen LogP contribution < -0.4 is 10.1 Å². The Labute approximate surface area is 141 Å². The van der Waals surface area contributed by atoms with Crippen LogP contribution in [0.2, 0.25) is 0 Å². The highest BCUT2D eigenvalue weighted by Crippen LogP contribution is 2.36. The summed E-state index contributed by atoms with van der Waals surface area (Å²) >= 11 is 1.36. The first kappa shape index (κ1) is 16.5. The van der Waals surface area contributed by atoms with Gasteiger partial charge >= 0.3 is 0 Å². The van der Waals surface area contributed by atoms with Gasteiger partial charge in [-0.15, -0.1) is 11.3 Å². The van der Waals surface area contributed by atoms with E-state index in [4.69, 9.17) is 4.74 Å². The molecular formula is C16H19FN2O2S2. The molecule has 1 aromatic carbocycles. The average Bonchev–Trinajstić information content (AvgIpc) is 3.04. The molecule has 0 saturated carbocycles. The van der Waals surface area contributed by atoms with Gasteiger partial charge in [0.05, 0.1) is 5.69 Å². The van der Waals surface area contributed by atoms with Crippen molar-refractivity contribution in [2.24, 2.45) is 0 Å². The lowest BCUT2D eigenvalue weighted by atomic mass is 9.95. The Morgan fingerprint density at radius 1 is 1.35 bits per heavy atom. The van der Waals surface area contributed by atoms with E-state index >= 15 is 0 Å². The molecule has 0 aliphatic carbocycles. The molecule has 7 heteroatoms. The Hall–Kier alpha value is -1.31. The van der Waals surface area contributed by atoms with Gasteiger partial charge in [-0.05, 0) is 37.4 Å². The van der Waals surface area contributed by atoms with Crippen LogP contribution in [0.1, 0.15) is 23.5 Å². The van der Waals surface area contributed by atoms with Gasteiger partial charge in [-0.3, -0.25) is 4.21 Å². The zero-order chi connectivity index (χ0) is 16.3. The summed E-state index contributed by atoms with van der Waals surface area (Å²) in [6.45, 7) is 1.68. The second-order valence-electron chi connectivity index (χ2n) is 5.57. The first-order valence-corrected chi connectivity index (χ1v) is 9.91. The van der Waals surface area contributed by atoms with E-state index in [1.165, 1.54) is 11.3 Å². The number of hydrogen-bond donors (Lipinski definition) is 1. The third-order valence-corrected chi connectivity index (χ3v) is 5.88. The molecule has 0 bridgehead atoms. The van der Waals surface area contributed by atoms with Crippen LogP contribution in [0.4, 0.5) is 4.39 Å². The number of alkyl halides is 1. The number of piperidine rings is 1. The van der Waals surface area contributed by atoms with Gasteiger partial charge in [0.2, 0.25) is 0 Å². The highest BCUT2D eigenvalue weighted by atomic mass is 32.2. The van der Waals surface area contributed by atoms with Crippen LogP contribution in [-0.2, 0) is 23.1 Å². The molecule has 0 spiro atoms. The number of benzene rings is 1. The monoisotopic (exact) mass is 354 g/mol. The van der Waals surface area contributed by atoms with Crippen molar-refractivity contribution in [3.63, 3.8) is 0 Å². The summed E-state index contributed by atoms with van der Waals surface area (Å²) in [6, 6.07) is 7.13. The first-order valence-electron chi connectivity index (χ1n) is 7.48. The van der Waals surface area contributed by atoms with Gasteiger partial charge in [0.15, 0.2) is 5.67 Å². The lowest BCUT2D eigenvalue weighted by molar-refractivity contribution is 0.114. The molecule has 1 unspecified atom stereocenters. The molecular weight excluding hydrogens is 335 g/mol. The number of aromatic nitrogens is 1. The van der Waals surface area contributed by atoms with Crippen LogP contribution >= 0.6 is 11.3 Å². The van der Waals surface area contributed by atoms with Crippen LogP contribution in [0.25, 0.3) is 0 Å². The molecule has 1 N–H and O–H groups in total. The smallest absolute Gasteiger partial charge is 0.164 e. The van der Waals surface area contributed by atoms with E-state index in [9.17, 15) is 8.60 Å². The van der Waals surface area contributed by atoms with Crippen LogP contribution in [0.3, 0.4) is 0 Å². The lowest BCUT2D eigenvalue weighted by Crippen LogP contribution is -2.36. The number of hydrogen-bond acceptors (Lipinski definition) is 5. The van der Waals surface area contributed by atoms with Crippen LogP contribution in [0, 0.1) is 0 Å². The van der Waals surface area contributed by atoms with E-state index in [-0.39, 0.29) is 0 Å². The summed E-state index contributed by atoms with van der Waals surface area (Å²) in [5.74, 6) is 0.686. The largest absolute Gasteiger partial charge is 0.487 e. The van der Waals surface area contributed by atoms with Gasteiger partial charge < -0.3 is 10.1 Å². The lowest BCUT2D eigenvalue weighted by Gasteiger charge is -2.27. The molecule has 1 saturated heterocycles. The van der Waals surface area contributed by atoms with Gasteiger partial charge in [-0.1, -0.05) is 0 Å². The maximum absolute atomic E-state index is 14.8. The third kappa shape index (κ3) is 3.97. The predicted octanol–water partition coefficient (Wildman–Crippen LogP) is 3.01. The molecule has 3 rings (SSSR count). The van der Waals surface area contributed by atoms with Gasteiger partial charge in [-0.25, -0.2) is 9.37 Å². The molecule has 1 aliphatic rings. The molecule has 2 heterocycles. The molecule has 124 valence electrons. The number of halogens is 1. The Bertz CT molecular complexity index is 682. The summed E-state index contributed by atoms with van der Waals surface area (Å²) in [4.78, 5) is 5.17. The zero-order valence-corrected chi connectivity index (χ0v) is 14.5. The van der Waals surface area contributed by atoms with Crippen LogP contribution in [0.5, 0.6) is 5.75 Å². The van der Waals surface area contributed by atoms with Crippen molar-refractivity contribution in [2.75, 3.05) is 19.3 Å². The Morgan fingerprint density at radius 2 is 2.04 bits per heavy atom. The maximum Gasteiger partial charge on any atom is 0.164 e. The highest BCUT2D eigenvalue weighted by molar-refractivity contribution is 7.84. The summed E-state index contributed by atoms with van der Waals surface area (Å²) < 4.78 is 31.9. The molecule has 4 nitrogen and oxygen atoms in total. The average molecular weight is 354 g/mol. The van der Waals surface area contributed by atoms with Gasteiger partial charge in [0.1, 0.15) is 17.4 Å². The van der Waals surface area contributed by atoms with Crippen molar-refractivity contribution < 1.29 is 13.3 Å². The third-order valence-electron chi connectivity index (χ3n) is 3.87. The molecule has 23 heavy (non-hydrogen) atoms. The van der Waals surface area contributed by atoms with Gasteiger partial charge in [0.25, 0.3) is 0 Å². The van der Waals surface area contributed by atoms with E-state index in [1.54, 1.807) is 30.5 Å². The summed E-state index contributed by atoms with van der Waals surface area (Å²) in [6.07, 6.45) is 2.58. The fourth-order valence-corrected chi connectivity index (χ4v) is 3.97. The Kier molecular flexibility index (Phi) is 5.08. The van der Waals surface area contributed by atoms with Crippen molar-refractivity contribution in [1.82, 2.24) is 10.3 Å². The van der Waals surface area contributed by atoms with E-state index in [0.717, 1.165) is 10.6 Å². The maximum atomic E-state index is 14.8. The Balaban J connectivity index is 1.62. The van der Waals surface area contributed by atoms with E-state index in [2.05, 4.69) is 10.3 Å². The number of rotatable bonds is 5. The normalized spacial score (nSPS) is 18.5. The van der Waals surface area contributed by atoms with Crippen molar-refractivity contribution >= 4 is 22.1 Å². The predicted molar refractivity (Wildman–Crippen MR) is 90.1 cm³/mol. The fourth-order valence-electron chi connectivity index (χ4n) is 2.50. The zero-order valence-electron chi connectivity index (χ0n) is 12.9. The van der Waals surface area contributed by atoms with Crippen LogP contribution in [-0.4, -0.2) is 28.5 Å². The van der Waals surface area contributed by atoms with E-state index in [0.29, 0.717) is 43.3 Å². The van der Waals surface area contributed by atoms with Gasteiger partial charge in [-0.2, -0.15) is 0 Å². The highest BCUT2D eigenvalue weighted by Gasteiger charge is 2.36. The first-order chi connectivity index (χ1) is 11.1. The molecule has 0 radical (unpaired) electrons. The molecule has 1 atom stereocenters. The van der Waals surface area contributed by atoms with Crippen molar-refractivity contribution in [2.45, 2.75) is 30.0 Å². The second-order valence-corrected chi connectivity index (χ2v) is 7.81. The topological polar surface area (TPSA) is 51.2 Å². The second kappa shape index (κ2) is 7.07.